The number of hydrogen-bond donors (Lipinski definition) is 1. The first-order valence-electron chi connectivity index (χ1n) is 8.06. The number of carbonyl (C=O) groups excluding carboxylic acids is 1. The summed E-state index contributed by atoms with van der Waals surface area (Å²) in [6, 6.07) is 9.87. The molecule has 1 aliphatic rings. The van der Waals surface area contributed by atoms with Gasteiger partial charge in [-0.1, -0.05) is 49.0 Å². The maximum absolute atomic E-state index is 12.5. The van der Waals surface area contributed by atoms with Gasteiger partial charge in [-0.15, -0.1) is 5.10 Å². The molecule has 1 aliphatic heterocycles. The van der Waals surface area contributed by atoms with Gasteiger partial charge >= 0.3 is 0 Å². The molecule has 1 N–H and O–H groups in total. The number of thioether (sulfide) groups is 1. The van der Waals surface area contributed by atoms with Crippen LogP contribution in [0.15, 0.2) is 35.5 Å². The second-order valence-electron chi connectivity index (χ2n) is 6.10. The molecule has 0 bridgehead atoms. The Morgan fingerprint density at radius 2 is 2.00 bits per heavy atom. The molecule has 0 spiro atoms. The Bertz CT molecular complexity index is 650. The van der Waals surface area contributed by atoms with Gasteiger partial charge < -0.3 is 4.90 Å². The molecule has 122 valence electrons. The van der Waals surface area contributed by atoms with Crippen molar-refractivity contribution in [2.24, 2.45) is 5.92 Å². The van der Waals surface area contributed by atoms with Gasteiger partial charge in [0.1, 0.15) is 0 Å². The van der Waals surface area contributed by atoms with Crippen LogP contribution in [0.25, 0.3) is 11.4 Å². The maximum atomic E-state index is 12.5. The van der Waals surface area contributed by atoms with Crippen LogP contribution in [0.2, 0.25) is 0 Å². The number of hydrogen-bond acceptors (Lipinski definition) is 4. The van der Waals surface area contributed by atoms with Crippen LogP contribution in [-0.2, 0) is 4.79 Å². The van der Waals surface area contributed by atoms with Gasteiger partial charge in [0.25, 0.3) is 0 Å². The van der Waals surface area contributed by atoms with Gasteiger partial charge in [0.05, 0.1) is 5.25 Å². The molecule has 23 heavy (non-hydrogen) atoms. The first-order valence-corrected chi connectivity index (χ1v) is 8.94. The van der Waals surface area contributed by atoms with Crippen LogP contribution in [0.3, 0.4) is 0 Å². The lowest BCUT2D eigenvalue weighted by Crippen LogP contribution is -2.41. The Hall–Kier alpha value is -1.82. The Kier molecular flexibility index (Phi) is 5.00. The van der Waals surface area contributed by atoms with Crippen molar-refractivity contribution in [2.75, 3.05) is 13.1 Å². The van der Waals surface area contributed by atoms with E-state index in [0.717, 1.165) is 43.2 Å². The monoisotopic (exact) mass is 330 g/mol. The second-order valence-corrected chi connectivity index (χ2v) is 7.41. The summed E-state index contributed by atoms with van der Waals surface area (Å²) in [6.07, 6.45) is 2.20. The fourth-order valence-electron chi connectivity index (χ4n) is 2.72. The molecular formula is C17H22N4OS. The molecule has 1 aromatic heterocycles. The van der Waals surface area contributed by atoms with Gasteiger partial charge in [-0.3, -0.25) is 9.89 Å². The first-order chi connectivity index (χ1) is 11.1. The van der Waals surface area contributed by atoms with Gasteiger partial charge in [-0.05, 0) is 25.7 Å². The molecule has 1 aromatic carbocycles. The topological polar surface area (TPSA) is 61.9 Å². The predicted molar refractivity (Wildman–Crippen MR) is 92.1 cm³/mol. The number of aromatic nitrogens is 3. The molecule has 3 rings (SSSR count). The standard InChI is InChI=1S/C17H22N4OS/c1-12-8-10-21(11-9-12)16(22)13(2)23-17-18-15(19-20-17)14-6-4-3-5-7-14/h3-7,12-13H,8-11H2,1-2H3,(H,18,19,20)/t13-/m0/s1. The number of carbonyl (C=O) groups is 1. The van der Waals surface area contributed by atoms with Crippen molar-refractivity contribution in [3.8, 4) is 11.4 Å². The minimum absolute atomic E-state index is 0.164. The van der Waals surface area contributed by atoms with E-state index in [4.69, 9.17) is 0 Å². The van der Waals surface area contributed by atoms with Crippen molar-refractivity contribution in [1.82, 2.24) is 20.1 Å². The molecule has 1 amide bonds. The van der Waals surface area contributed by atoms with E-state index in [1.54, 1.807) is 0 Å². The van der Waals surface area contributed by atoms with Gasteiger partial charge in [-0.25, -0.2) is 4.98 Å². The zero-order chi connectivity index (χ0) is 16.2. The largest absolute Gasteiger partial charge is 0.342 e. The van der Waals surface area contributed by atoms with Gasteiger partial charge in [0.15, 0.2) is 5.82 Å². The Morgan fingerprint density at radius 1 is 1.30 bits per heavy atom. The van der Waals surface area contributed by atoms with E-state index in [1.807, 2.05) is 42.2 Å². The zero-order valence-corrected chi connectivity index (χ0v) is 14.3. The molecule has 0 saturated carbocycles. The number of benzene rings is 1. The van der Waals surface area contributed by atoms with Crippen LogP contribution in [0.5, 0.6) is 0 Å². The lowest BCUT2D eigenvalue weighted by Gasteiger charge is -2.31. The molecule has 0 aliphatic carbocycles. The van der Waals surface area contributed by atoms with Crippen molar-refractivity contribution in [3.05, 3.63) is 30.3 Å². The highest BCUT2D eigenvalue weighted by Gasteiger charge is 2.26. The zero-order valence-electron chi connectivity index (χ0n) is 13.5. The minimum atomic E-state index is -0.164. The van der Waals surface area contributed by atoms with E-state index < -0.39 is 0 Å². The summed E-state index contributed by atoms with van der Waals surface area (Å²) >= 11 is 1.42. The highest BCUT2D eigenvalue weighted by molar-refractivity contribution is 8.00. The number of nitrogens with one attached hydrogen (secondary N) is 1. The van der Waals surface area contributed by atoms with E-state index in [0.29, 0.717) is 5.16 Å². The van der Waals surface area contributed by atoms with Crippen molar-refractivity contribution >= 4 is 17.7 Å². The summed E-state index contributed by atoms with van der Waals surface area (Å²) in [5.74, 6) is 1.65. The van der Waals surface area contributed by atoms with Crippen molar-refractivity contribution in [3.63, 3.8) is 0 Å². The lowest BCUT2D eigenvalue weighted by atomic mass is 9.99. The minimum Gasteiger partial charge on any atom is -0.342 e. The van der Waals surface area contributed by atoms with E-state index >= 15 is 0 Å². The summed E-state index contributed by atoms with van der Waals surface area (Å²) in [6.45, 7) is 5.92. The van der Waals surface area contributed by atoms with Crippen LogP contribution in [0.4, 0.5) is 0 Å². The average Bonchev–Trinajstić information content (AvgIpc) is 3.04. The maximum Gasteiger partial charge on any atom is 0.235 e. The van der Waals surface area contributed by atoms with Gasteiger partial charge in [0.2, 0.25) is 11.1 Å². The summed E-state index contributed by atoms with van der Waals surface area (Å²) in [4.78, 5) is 19.0. The Morgan fingerprint density at radius 3 is 2.70 bits per heavy atom. The molecule has 1 saturated heterocycles. The van der Waals surface area contributed by atoms with Crippen LogP contribution in [0.1, 0.15) is 26.7 Å². The molecule has 1 atom stereocenters. The quantitative estimate of drug-likeness (QED) is 0.875. The number of amides is 1. The number of piperidine rings is 1. The van der Waals surface area contributed by atoms with E-state index in [-0.39, 0.29) is 11.2 Å². The smallest absolute Gasteiger partial charge is 0.235 e. The summed E-state index contributed by atoms with van der Waals surface area (Å²) in [5, 5.41) is 7.63. The third kappa shape index (κ3) is 3.93. The van der Waals surface area contributed by atoms with E-state index in [1.165, 1.54) is 11.8 Å². The van der Waals surface area contributed by atoms with Crippen LogP contribution in [-0.4, -0.2) is 44.3 Å². The number of H-pyrrole nitrogens is 1. The molecule has 6 heteroatoms. The first kappa shape index (κ1) is 16.1. The highest BCUT2D eigenvalue weighted by atomic mass is 32.2. The normalized spacial score (nSPS) is 17.2. The SMILES string of the molecule is CC1CCN(C(=O)[C@H](C)Sc2n[nH]c(-c3ccccc3)n2)CC1. The van der Waals surface area contributed by atoms with Crippen molar-refractivity contribution in [2.45, 2.75) is 37.1 Å². The van der Waals surface area contributed by atoms with Crippen molar-refractivity contribution < 1.29 is 4.79 Å². The summed E-state index contributed by atoms with van der Waals surface area (Å²) in [5.41, 5.74) is 0.996. The Balaban J connectivity index is 1.61. The fourth-order valence-corrected chi connectivity index (χ4v) is 3.53. The molecule has 1 fully saturated rings. The summed E-state index contributed by atoms with van der Waals surface area (Å²) < 4.78 is 0. The molecule has 0 unspecified atom stereocenters. The predicted octanol–water partition coefficient (Wildman–Crippen LogP) is 3.21. The van der Waals surface area contributed by atoms with Crippen LogP contribution >= 0.6 is 11.8 Å². The molecule has 2 heterocycles. The number of rotatable bonds is 4. The van der Waals surface area contributed by atoms with Crippen LogP contribution in [0, 0.1) is 5.92 Å². The molecule has 5 nitrogen and oxygen atoms in total. The Labute approximate surface area is 140 Å². The van der Waals surface area contributed by atoms with Gasteiger partial charge in [0, 0.05) is 18.7 Å². The average molecular weight is 330 g/mol. The third-order valence-corrected chi connectivity index (χ3v) is 5.19. The number of likely N-dealkylation sites (tertiary alicyclic amines) is 1. The van der Waals surface area contributed by atoms with Crippen LogP contribution < -0.4 is 0 Å². The molecule has 2 aromatic rings. The fraction of sp³-hybridized carbons (Fsp3) is 0.471. The highest BCUT2D eigenvalue weighted by Crippen LogP contribution is 2.25. The third-order valence-electron chi connectivity index (χ3n) is 4.24. The second kappa shape index (κ2) is 7.17. The van der Waals surface area contributed by atoms with E-state index in [2.05, 4.69) is 22.1 Å². The van der Waals surface area contributed by atoms with Gasteiger partial charge in [-0.2, -0.15) is 0 Å². The number of nitrogens with zero attached hydrogens (tertiary/aromatic N) is 3. The molecular weight excluding hydrogens is 308 g/mol. The van der Waals surface area contributed by atoms with E-state index in [9.17, 15) is 4.79 Å². The number of aromatic amines is 1. The molecule has 0 radical (unpaired) electrons. The lowest BCUT2D eigenvalue weighted by molar-refractivity contribution is -0.131. The summed E-state index contributed by atoms with van der Waals surface area (Å²) in [7, 11) is 0. The van der Waals surface area contributed by atoms with Crippen molar-refractivity contribution in [1.29, 1.82) is 0 Å².